The molecule has 8 heteroatoms. The predicted molar refractivity (Wildman–Crippen MR) is 81.9 cm³/mol. The van der Waals surface area contributed by atoms with Crippen LogP contribution in [0.4, 0.5) is 0 Å². The van der Waals surface area contributed by atoms with Gasteiger partial charge < -0.3 is 4.90 Å². The summed E-state index contributed by atoms with van der Waals surface area (Å²) in [5.41, 5.74) is 0. The molecule has 5 nitrogen and oxygen atoms in total. The van der Waals surface area contributed by atoms with Crippen LogP contribution in [0.1, 0.15) is 13.3 Å². The van der Waals surface area contributed by atoms with Crippen molar-refractivity contribution in [1.82, 2.24) is 9.21 Å². The van der Waals surface area contributed by atoms with Gasteiger partial charge in [-0.15, -0.1) is 11.3 Å². The minimum absolute atomic E-state index is 0.157. The molecular formula is C13H17ClN2O3S2. The molecule has 1 aliphatic heterocycles. The molecule has 1 saturated carbocycles. The number of amides is 1. The van der Waals surface area contributed by atoms with Gasteiger partial charge in [0.15, 0.2) is 0 Å². The molecule has 116 valence electrons. The quantitative estimate of drug-likeness (QED) is 0.838. The van der Waals surface area contributed by atoms with Crippen molar-refractivity contribution < 1.29 is 13.2 Å². The molecule has 1 aliphatic carbocycles. The van der Waals surface area contributed by atoms with Gasteiger partial charge >= 0.3 is 0 Å². The van der Waals surface area contributed by atoms with Crippen molar-refractivity contribution in [1.29, 1.82) is 0 Å². The van der Waals surface area contributed by atoms with E-state index in [0.717, 1.165) is 17.8 Å². The average Bonchev–Trinajstić information content (AvgIpc) is 3.02. The second-order valence-electron chi connectivity index (χ2n) is 5.61. The lowest BCUT2D eigenvalue weighted by Crippen LogP contribution is -2.50. The van der Waals surface area contributed by atoms with Crippen molar-refractivity contribution in [3.8, 4) is 0 Å². The van der Waals surface area contributed by atoms with Crippen LogP contribution in [0.25, 0.3) is 0 Å². The summed E-state index contributed by atoms with van der Waals surface area (Å²) >= 11 is 6.87. The van der Waals surface area contributed by atoms with Crippen LogP contribution in [0.2, 0.25) is 4.34 Å². The first-order valence-electron chi connectivity index (χ1n) is 6.94. The van der Waals surface area contributed by atoms with Gasteiger partial charge in [0.05, 0.1) is 4.34 Å². The summed E-state index contributed by atoms with van der Waals surface area (Å²) in [6.45, 7) is 3.72. The van der Waals surface area contributed by atoms with Gasteiger partial charge in [-0.3, -0.25) is 4.79 Å². The van der Waals surface area contributed by atoms with E-state index in [1.54, 1.807) is 11.0 Å². The first-order valence-corrected chi connectivity index (χ1v) is 9.57. The second kappa shape index (κ2) is 5.53. The third-order valence-corrected chi connectivity index (χ3v) is 7.72. The number of hydrogen-bond acceptors (Lipinski definition) is 4. The van der Waals surface area contributed by atoms with Crippen LogP contribution < -0.4 is 0 Å². The van der Waals surface area contributed by atoms with Gasteiger partial charge in [-0.25, -0.2) is 8.42 Å². The van der Waals surface area contributed by atoms with E-state index >= 15 is 0 Å². The molecule has 2 fully saturated rings. The molecule has 2 aliphatic rings. The highest BCUT2D eigenvalue weighted by Crippen LogP contribution is 2.39. The number of hydrogen-bond donors (Lipinski definition) is 0. The third-order valence-electron chi connectivity index (χ3n) is 4.12. The van der Waals surface area contributed by atoms with Crippen LogP contribution in [0.3, 0.4) is 0 Å². The molecule has 2 unspecified atom stereocenters. The minimum Gasteiger partial charge on any atom is -0.340 e. The van der Waals surface area contributed by atoms with Gasteiger partial charge in [-0.05, 0) is 24.5 Å². The molecule has 2 atom stereocenters. The smallest absolute Gasteiger partial charge is 0.252 e. The molecule has 21 heavy (non-hydrogen) atoms. The summed E-state index contributed by atoms with van der Waals surface area (Å²) in [6, 6.07) is 3.12. The highest BCUT2D eigenvalue weighted by Gasteiger charge is 2.42. The Bertz CT molecular complexity index is 650. The number of sulfonamides is 1. The first-order chi connectivity index (χ1) is 9.89. The molecule has 0 spiro atoms. The van der Waals surface area contributed by atoms with Crippen LogP contribution in [0, 0.1) is 11.8 Å². The lowest BCUT2D eigenvalue weighted by atomic mass is 10.2. The molecule has 0 aromatic carbocycles. The second-order valence-corrected chi connectivity index (χ2v) is 9.49. The maximum atomic E-state index is 12.4. The number of carbonyl (C=O) groups excluding carboxylic acids is 1. The van der Waals surface area contributed by atoms with Gasteiger partial charge in [0.2, 0.25) is 5.91 Å². The van der Waals surface area contributed by atoms with Crippen LogP contribution in [-0.4, -0.2) is 49.7 Å². The van der Waals surface area contributed by atoms with E-state index in [-0.39, 0.29) is 16.0 Å². The molecule has 3 rings (SSSR count). The maximum Gasteiger partial charge on any atom is 0.252 e. The minimum atomic E-state index is -3.48. The molecule has 2 heterocycles. The number of carbonyl (C=O) groups is 1. The topological polar surface area (TPSA) is 57.7 Å². The van der Waals surface area contributed by atoms with Crippen LogP contribution in [0.15, 0.2) is 16.3 Å². The summed E-state index contributed by atoms with van der Waals surface area (Å²) in [4.78, 5) is 13.9. The summed E-state index contributed by atoms with van der Waals surface area (Å²) in [7, 11) is -3.48. The number of rotatable bonds is 3. The molecule has 1 amide bonds. The van der Waals surface area contributed by atoms with Crippen molar-refractivity contribution in [2.24, 2.45) is 11.8 Å². The van der Waals surface area contributed by atoms with Gasteiger partial charge in [0.25, 0.3) is 10.0 Å². The summed E-state index contributed by atoms with van der Waals surface area (Å²) in [5, 5.41) is 0. The van der Waals surface area contributed by atoms with Gasteiger partial charge in [0.1, 0.15) is 4.21 Å². The number of thiophene rings is 1. The van der Waals surface area contributed by atoms with Gasteiger partial charge in [-0.2, -0.15) is 4.31 Å². The molecule has 1 aromatic rings. The zero-order valence-corrected chi connectivity index (χ0v) is 14.0. The Morgan fingerprint density at radius 3 is 2.38 bits per heavy atom. The predicted octanol–water partition coefficient (Wildman–Crippen LogP) is 1.89. The average molecular weight is 349 g/mol. The number of nitrogens with zero attached hydrogens (tertiary/aromatic N) is 2. The van der Waals surface area contributed by atoms with Gasteiger partial charge in [0, 0.05) is 32.1 Å². The zero-order chi connectivity index (χ0) is 15.2. The summed E-state index contributed by atoms with van der Waals surface area (Å²) in [5.74, 6) is 0.815. The van der Waals surface area contributed by atoms with Gasteiger partial charge in [-0.1, -0.05) is 18.5 Å². The third kappa shape index (κ3) is 2.97. The molecule has 0 N–H and O–H groups in total. The Balaban J connectivity index is 1.64. The normalized spacial score (nSPS) is 26.9. The van der Waals surface area contributed by atoms with E-state index in [1.807, 2.05) is 0 Å². The number of halogens is 1. The molecule has 1 saturated heterocycles. The van der Waals surface area contributed by atoms with E-state index < -0.39 is 10.0 Å². The molecule has 0 bridgehead atoms. The highest BCUT2D eigenvalue weighted by molar-refractivity contribution is 7.91. The van der Waals surface area contributed by atoms with E-state index in [4.69, 9.17) is 11.6 Å². The largest absolute Gasteiger partial charge is 0.340 e. The Hall–Kier alpha value is -0.630. The van der Waals surface area contributed by atoms with Crippen molar-refractivity contribution in [3.63, 3.8) is 0 Å². The molecule has 0 radical (unpaired) electrons. The summed E-state index contributed by atoms with van der Waals surface area (Å²) < 4.78 is 27.1. The van der Waals surface area contributed by atoms with Crippen molar-refractivity contribution in [2.75, 3.05) is 26.2 Å². The van der Waals surface area contributed by atoms with E-state index in [0.29, 0.717) is 36.4 Å². The lowest BCUT2D eigenvalue weighted by molar-refractivity contribution is -0.134. The Morgan fingerprint density at radius 2 is 1.90 bits per heavy atom. The Morgan fingerprint density at radius 1 is 1.29 bits per heavy atom. The Kier molecular flexibility index (Phi) is 4.02. The van der Waals surface area contributed by atoms with E-state index in [1.165, 1.54) is 10.4 Å². The fraction of sp³-hybridized carbons (Fsp3) is 0.615. The monoisotopic (exact) mass is 348 g/mol. The van der Waals surface area contributed by atoms with E-state index in [2.05, 4.69) is 6.92 Å². The zero-order valence-electron chi connectivity index (χ0n) is 11.7. The lowest BCUT2D eigenvalue weighted by Gasteiger charge is -2.33. The van der Waals surface area contributed by atoms with Crippen molar-refractivity contribution >= 4 is 38.9 Å². The molecular weight excluding hydrogens is 332 g/mol. The highest BCUT2D eigenvalue weighted by atomic mass is 35.5. The van der Waals surface area contributed by atoms with Crippen molar-refractivity contribution in [3.05, 3.63) is 16.5 Å². The van der Waals surface area contributed by atoms with E-state index in [9.17, 15) is 13.2 Å². The Labute approximate surface area is 133 Å². The first kappa shape index (κ1) is 15.3. The number of piperazine rings is 1. The van der Waals surface area contributed by atoms with Crippen LogP contribution >= 0.6 is 22.9 Å². The SMILES string of the molecule is CC1CC1C(=O)N1CCN(S(=O)(=O)c2ccc(Cl)s2)CC1. The fourth-order valence-electron chi connectivity index (χ4n) is 2.61. The fourth-order valence-corrected chi connectivity index (χ4v) is 5.67. The van der Waals surface area contributed by atoms with Crippen molar-refractivity contribution in [2.45, 2.75) is 17.6 Å². The van der Waals surface area contributed by atoms with Crippen LogP contribution in [0.5, 0.6) is 0 Å². The maximum absolute atomic E-state index is 12.4. The standard InChI is InChI=1S/C13H17ClN2O3S2/c1-9-8-10(9)13(17)15-4-6-16(7-5-15)21(18,19)12-3-2-11(14)20-12/h2-3,9-10H,4-8H2,1H3. The molecule has 1 aromatic heterocycles. The van der Waals surface area contributed by atoms with Crippen LogP contribution in [-0.2, 0) is 14.8 Å². The summed E-state index contributed by atoms with van der Waals surface area (Å²) in [6.07, 6.45) is 0.963.